The summed E-state index contributed by atoms with van der Waals surface area (Å²) in [6.45, 7) is 7.43. The van der Waals surface area contributed by atoms with E-state index in [1.807, 2.05) is 6.07 Å². The summed E-state index contributed by atoms with van der Waals surface area (Å²) >= 11 is 7.72. The van der Waals surface area contributed by atoms with Gasteiger partial charge in [-0.15, -0.1) is 11.3 Å². The highest BCUT2D eigenvalue weighted by molar-refractivity contribution is 7.16. The lowest BCUT2D eigenvalue weighted by atomic mass is 9.98. The predicted molar refractivity (Wildman–Crippen MR) is 85.4 cm³/mol. The van der Waals surface area contributed by atoms with E-state index in [0.29, 0.717) is 6.04 Å². The number of hydrogen-bond acceptors (Lipinski definition) is 2. The maximum absolute atomic E-state index is 6.05. The maximum atomic E-state index is 6.05. The molecule has 1 nitrogen and oxygen atoms in total. The van der Waals surface area contributed by atoms with E-state index in [9.17, 15) is 0 Å². The van der Waals surface area contributed by atoms with E-state index in [4.69, 9.17) is 11.6 Å². The van der Waals surface area contributed by atoms with E-state index < -0.39 is 0 Å². The van der Waals surface area contributed by atoms with Gasteiger partial charge in [-0.2, -0.15) is 0 Å². The van der Waals surface area contributed by atoms with E-state index in [0.717, 1.165) is 17.3 Å². The summed E-state index contributed by atoms with van der Waals surface area (Å²) in [5.74, 6) is 0. The van der Waals surface area contributed by atoms with Crippen molar-refractivity contribution < 1.29 is 0 Å². The van der Waals surface area contributed by atoms with Gasteiger partial charge in [-0.25, -0.2) is 0 Å². The van der Waals surface area contributed by atoms with Crippen molar-refractivity contribution in [2.75, 3.05) is 6.54 Å². The summed E-state index contributed by atoms with van der Waals surface area (Å²) in [7, 11) is 0. The molecule has 0 saturated heterocycles. The fraction of sp³-hybridized carbons (Fsp3) is 0.375. The zero-order valence-corrected chi connectivity index (χ0v) is 13.2. The number of nitrogens with one attached hydrogen (secondary N) is 1. The molecule has 0 bridgehead atoms. The van der Waals surface area contributed by atoms with Crippen molar-refractivity contribution >= 4 is 22.9 Å². The van der Waals surface area contributed by atoms with Gasteiger partial charge in [0.2, 0.25) is 0 Å². The van der Waals surface area contributed by atoms with Crippen LogP contribution >= 0.6 is 22.9 Å². The summed E-state index contributed by atoms with van der Waals surface area (Å²) in [6, 6.07) is 11.1. The third-order valence-electron chi connectivity index (χ3n) is 3.32. The lowest BCUT2D eigenvalue weighted by Gasteiger charge is -2.18. The topological polar surface area (TPSA) is 12.0 Å². The molecule has 0 amide bonds. The van der Waals surface area contributed by atoms with E-state index in [1.165, 1.54) is 21.6 Å². The van der Waals surface area contributed by atoms with Crippen LogP contribution in [-0.2, 0) is 6.42 Å². The molecule has 2 aromatic rings. The van der Waals surface area contributed by atoms with Crippen molar-refractivity contribution in [1.29, 1.82) is 0 Å². The Kier molecular flexibility index (Phi) is 5.03. The standard InChI is InChI=1S/C16H20ClNS/c1-4-18-14(15-7-8-16(17)19-15)10-13-9-11(2)5-6-12(13)3/h5-9,14,18H,4,10H2,1-3H3. The smallest absolute Gasteiger partial charge is 0.0931 e. The minimum Gasteiger partial charge on any atom is -0.309 e. The Morgan fingerprint density at radius 3 is 2.63 bits per heavy atom. The second-order valence-electron chi connectivity index (χ2n) is 4.89. The quantitative estimate of drug-likeness (QED) is 0.826. The second kappa shape index (κ2) is 6.56. The zero-order valence-electron chi connectivity index (χ0n) is 11.7. The zero-order chi connectivity index (χ0) is 13.8. The summed E-state index contributed by atoms with van der Waals surface area (Å²) in [4.78, 5) is 1.31. The number of thiophene rings is 1. The molecule has 1 aromatic heterocycles. The molecule has 0 aliphatic carbocycles. The highest BCUT2D eigenvalue weighted by Gasteiger charge is 2.14. The Labute approximate surface area is 124 Å². The van der Waals surface area contributed by atoms with Gasteiger partial charge in [-0.05, 0) is 50.1 Å². The molecule has 0 radical (unpaired) electrons. The first-order chi connectivity index (χ1) is 9.10. The molecule has 102 valence electrons. The van der Waals surface area contributed by atoms with Crippen LogP contribution in [0.3, 0.4) is 0 Å². The van der Waals surface area contributed by atoms with E-state index >= 15 is 0 Å². The molecule has 0 aliphatic rings. The molecule has 1 atom stereocenters. The van der Waals surface area contributed by atoms with Gasteiger partial charge in [-0.1, -0.05) is 42.3 Å². The van der Waals surface area contributed by atoms with E-state index in [2.05, 4.69) is 50.4 Å². The van der Waals surface area contributed by atoms with Gasteiger partial charge in [0.15, 0.2) is 0 Å². The molecule has 0 fully saturated rings. The van der Waals surface area contributed by atoms with Gasteiger partial charge in [0.05, 0.1) is 4.34 Å². The average Bonchev–Trinajstić information content (AvgIpc) is 2.80. The average molecular weight is 294 g/mol. The van der Waals surface area contributed by atoms with E-state index in [1.54, 1.807) is 11.3 Å². The van der Waals surface area contributed by atoms with Gasteiger partial charge in [-0.3, -0.25) is 0 Å². The minimum atomic E-state index is 0.350. The maximum Gasteiger partial charge on any atom is 0.0931 e. The molecule has 1 N–H and O–H groups in total. The van der Waals surface area contributed by atoms with Crippen LogP contribution in [0.4, 0.5) is 0 Å². The Hall–Kier alpha value is -0.830. The normalized spacial score (nSPS) is 12.6. The minimum absolute atomic E-state index is 0.350. The van der Waals surface area contributed by atoms with Crippen molar-refractivity contribution in [3.05, 3.63) is 56.2 Å². The Bertz CT molecular complexity index is 547. The van der Waals surface area contributed by atoms with Crippen molar-refractivity contribution in [3.63, 3.8) is 0 Å². The molecule has 1 aromatic carbocycles. The largest absolute Gasteiger partial charge is 0.309 e. The Morgan fingerprint density at radius 1 is 1.21 bits per heavy atom. The summed E-state index contributed by atoms with van der Waals surface area (Å²) < 4.78 is 0.860. The van der Waals surface area contributed by atoms with Crippen molar-refractivity contribution in [1.82, 2.24) is 5.32 Å². The van der Waals surface area contributed by atoms with Crippen LogP contribution in [-0.4, -0.2) is 6.54 Å². The van der Waals surface area contributed by atoms with Gasteiger partial charge >= 0.3 is 0 Å². The summed E-state index contributed by atoms with van der Waals surface area (Å²) in [6.07, 6.45) is 1.01. The molecular formula is C16H20ClNS. The van der Waals surface area contributed by atoms with Crippen LogP contribution in [0.5, 0.6) is 0 Å². The molecule has 1 unspecified atom stereocenters. The first-order valence-electron chi connectivity index (χ1n) is 6.65. The SMILES string of the molecule is CCNC(Cc1cc(C)ccc1C)c1ccc(Cl)s1. The van der Waals surface area contributed by atoms with Crippen LogP contribution < -0.4 is 5.32 Å². The number of rotatable bonds is 5. The molecule has 2 rings (SSSR count). The first-order valence-corrected chi connectivity index (χ1v) is 7.84. The van der Waals surface area contributed by atoms with Crippen LogP contribution in [0.15, 0.2) is 30.3 Å². The van der Waals surface area contributed by atoms with Crippen molar-refractivity contribution in [3.8, 4) is 0 Å². The van der Waals surface area contributed by atoms with E-state index in [-0.39, 0.29) is 0 Å². The fourth-order valence-corrected chi connectivity index (χ4v) is 3.41. The summed E-state index contributed by atoms with van der Waals surface area (Å²) in [5.41, 5.74) is 4.09. The molecular weight excluding hydrogens is 274 g/mol. The highest BCUT2D eigenvalue weighted by Crippen LogP contribution is 2.29. The van der Waals surface area contributed by atoms with Crippen molar-refractivity contribution in [2.45, 2.75) is 33.2 Å². The number of hydrogen-bond donors (Lipinski definition) is 1. The van der Waals surface area contributed by atoms with Gasteiger partial charge in [0.25, 0.3) is 0 Å². The third kappa shape index (κ3) is 3.82. The molecule has 0 saturated carbocycles. The Morgan fingerprint density at radius 2 is 2.00 bits per heavy atom. The van der Waals surface area contributed by atoms with Crippen LogP contribution in [0.1, 0.15) is 34.5 Å². The number of likely N-dealkylation sites (N-methyl/N-ethyl adjacent to an activating group) is 1. The first kappa shape index (κ1) is 14.6. The van der Waals surface area contributed by atoms with Crippen LogP contribution in [0.25, 0.3) is 0 Å². The van der Waals surface area contributed by atoms with Crippen LogP contribution in [0.2, 0.25) is 4.34 Å². The highest BCUT2D eigenvalue weighted by atomic mass is 35.5. The van der Waals surface area contributed by atoms with Gasteiger partial charge in [0, 0.05) is 10.9 Å². The van der Waals surface area contributed by atoms with Crippen molar-refractivity contribution in [2.24, 2.45) is 0 Å². The number of aryl methyl sites for hydroxylation is 2. The Balaban J connectivity index is 2.23. The second-order valence-corrected chi connectivity index (χ2v) is 6.63. The van der Waals surface area contributed by atoms with Gasteiger partial charge in [0.1, 0.15) is 0 Å². The predicted octanol–water partition coefficient (Wildman–Crippen LogP) is 4.91. The monoisotopic (exact) mass is 293 g/mol. The summed E-state index contributed by atoms with van der Waals surface area (Å²) in [5, 5.41) is 3.56. The third-order valence-corrected chi connectivity index (χ3v) is 4.66. The molecule has 19 heavy (non-hydrogen) atoms. The molecule has 0 aliphatic heterocycles. The number of halogens is 1. The molecule has 3 heteroatoms. The van der Waals surface area contributed by atoms with Crippen LogP contribution in [0, 0.1) is 13.8 Å². The molecule has 0 spiro atoms. The fourth-order valence-electron chi connectivity index (χ4n) is 2.28. The molecule has 1 heterocycles. The number of benzene rings is 1. The lowest BCUT2D eigenvalue weighted by Crippen LogP contribution is -2.22. The van der Waals surface area contributed by atoms with Gasteiger partial charge < -0.3 is 5.32 Å². The lowest BCUT2D eigenvalue weighted by molar-refractivity contribution is 0.557.